The third kappa shape index (κ3) is 3.99. The van der Waals surface area contributed by atoms with Crippen molar-refractivity contribution in [3.8, 4) is 0 Å². The SMILES string of the molecule is CC12CC(c3ccc(C(=O)O)cc3)C3=C4CCC(=O)C=C4CCC3C1CC[C@@H]2OC(F)(F)C(F)(F)F. The topological polar surface area (TPSA) is 63.6 Å². The predicted molar refractivity (Wildman–Crippen MR) is 120 cm³/mol. The van der Waals surface area contributed by atoms with Crippen LogP contribution >= 0.6 is 0 Å². The Morgan fingerprint density at radius 1 is 1.03 bits per heavy atom. The average Bonchev–Trinajstić information content (AvgIpc) is 3.12. The van der Waals surface area contributed by atoms with Gasteiger partial charge in [0.05, 0.1) is 11.7 Å². The molecule has 0 amide bonds. The molecule has 36 heavy (non-hydrogen) atoms. The second kappa shape index (κ2) is 8.50. The summed E-state index contributed by atoms with van der Waals surface area (Å²) in [6.45, 7) is 1.76. The third-order valence-corrected chi connectivity index (χ3v) is 8.82. The summed E-state index contributed by atoms with van der Waals surface area (Å²) in [6, 6.07) is 6.36. The van der Waals surface area contributed by atoms with Crippen molar-refractivity contribution in [3.05, 3.63) is 58.2 Å². The number of hydrogen-bond donors (Lipinski definition) is 1. The van der Waals surface area contributed by atoms with E-state index in [4.69, 9.17) is 0 Å². The van der Waals surface area contributed by atoms with Gasteiger partial charge in [0.1, 0.15) is 0 Å². The molecule has 4 nitrogen and oxygen atoms in total. The zero-order chi connectivity index (χ0) is 26.0. The summed E-state index contributed by atoms with van der Waals surface area (Å²) in [4.78, 5) is 23.5. The van der Waals surface area contributed by atoms with Crippen molar-refractivity contribution in [2.24, 2.45) is 17.3 Å². The van der Waals surface area contributed by atoms with Crippen LogP contribution in [0.25, 0.3) is 0 Å². The minimum absolute atomic E-state index is 0.0265. The maximum absolute atomic E-state index is 14.0. The van der Waals surface area contributed by atoms with E-state index in [1.54, 1.807) is 25.1 Å². The lowest BCUT2D eigenvalue weighted by Gasteiger charge is -2.52. The molecule has 0 aliphatic heterocycles. The number of aromatic carboxylic acids is 1. The minimum Gasteiger partial charge on any atom is -0.478 e. The highest BCUT2D eigenvalue weighted by Crippen LogP contribution is 2.65. The first-order valence-electron chi connectivity index (χ1n) is 12.2. The van der Waals surface area contributed by atoms with Crippen LogP contribution in [0.1, 0.15) is 73.7 Å². The van der Waals surface area contributed by atoms with E-state index in [-0.39, 0.29) is 35.5 Å². The van der Waals surface area contributed by atoms with Gasteiger partial charge < -0.3 is 9.84 Å². The Morgan fingerprint density at radius 3 is 2.36 bits per heavy atom. The minimum atomic E-state index is -5.80. The number of fused-ring (bicyclic) bond motifs is 4. The highest BCUT2D eigenvalue weighted by atomic mass is 19.4. The van der Waals surface area contributed by atoms with E-state index in [9.17, 15) is 36.6 Å². The summed E-state index contributed by atoms with van der Waals surface area (Å²) in [5, 5.41) is 9.30. The number of rotatable bonds is 4. The largest absolute Gasteiger partial charge is 0.482 e. The summed E-state index contributed by atoms with van der Waals surface area (Å²) < 4.78 is 71.6. The zero-order valence-corrected chi connectivity index (χ0v) is 19.7. The molecule has 0 spiro atoms. The van der Waals surface area contributed by atoms with Gasteiger partial charge in [-0.25, -0.2) is 4.79 Å². The van der Waals surface area contributed by atoms with Crippen molar-refractivity contribution in [2.75, 3.05) is 0 Å². The molecule has 0 aromatic heterocycles. The monoisotopic (exact) mass is 510 g/mol. The van der Waals surface area contributed by atoms with E-state index in [2.05, 4.69) is 4.74 Å². The van der Waals surface area contributed by atoms with Crippen LogP contribution in [0.5, 0.6) is 0 Å². The highest BCUT2D eigenvalue weighted by molar-refractivity contribution is 5.93. The van der Waals surface area contributed by atoms with E-state index >= 15 is 0 Å². The molecule has 1 aromatic carbocycles. The van der Waals surface area contributed by atoms with Crippen molar-refractivity contribution in [1.82, 2.24) is 0 Å². The molecule has 1 aromatic rings. The van der Waals surface area contributed by atoms with Crippen molar-refractivity contribution < 1.29 is 41.4 Å². The van der Waals surface area contributed by atoms with Crippen molar-refractivity contribution in [2.45, 2.75) is 76.2 Å². The molecule has 0 radical (unpaired) electrons. The molecule has 0 heterocycles. The smallest absolute Gasteiger partial charge is 0.478 e. The van der Waals surface area contributed by atoms with Gasteiger partial charge in [0, 0.05) is 12.3 Å². The first kappa shape index (κ1) is 25.1. The summed E-state index contributed by atoms with van der Waals surface area (Å²) >= 11 is 0. The molecule has 194 valence electrons. The van der Waals surface area contributed by atoms with Crippen molar-refractivity contribution >= 4 is 11.8 Å². The van der Waals surface area contributed by atoms with Gasteiger partial charge in [-0.15, -0.1) is 0 Å². The summed E-state index contributed by atoms with van der Waals surface area (Å²) in [7, 11) is 0. The van der Waals surface area contributed by atoms with Gasteiger partial charge in [-0.3, -0.25) is 4.79 Å². The van der Waals surface area contributed by atoms with Gasteiger partial charge in [0.25, 0.3) is 0 Å². The van der Waals surface area contributed by atoms with E-state index in [1.165, 1.54) is 12.1 Å². The molecule has 4 unspecified atom stereocenters. The van der Waals surface area contributed by atoms with E-state index in [0.29, 0.717) is 38.5 Å². The number of carboxylic acid groups (broad SMARTS) is 1. The molecule has 5 rings (SSSR count). The van der Waals surface area contributed by atoms with Crippen LogP contribution in [0, 0.1) is 17.3 Å². The fraction of sp³-hybridized carbons (Fsp3) is 0.556. The number of allylic oxidation sites excluding steroid dienone is 4. The maximum atomic E-state index is 14.0. The van der Waals surface area contributed by atoms with Gasteiger partial charge in [-0.05, 0) is 90.7 Å². The number of carboxylic acids is 1. The maximum Gasteiger partial charge on any atom is 0.482 e. The first-order chi connectivity index (χ1) is 16.8. The lowest BCUT2D eigenvalue weighted by molar-refractivity contribution is -0.408. The molecule has 2 fully saturated rings. The van der Waals surface area contributed by atoms with Crippen LogP contribution < -0.4 is 0 Å². The average molecular weight is 510 g/mol. The number of alkyl halides is 5. The second-order valence-corrected chi connectivity index (χ2v) is 10.7. The van der Waals surface area contributed by atoms with Gasteiger partial charge in [-0.1, -0.05) is 24.6 Å². The van der Waals surface area contributed by atoms with Crippen LogP contribution in [0.2, 0.25) is 0 Å². The standard InChI is InChI=1S/C27H27F5O4/c1-25-13-20(14-2-4-15(5-3-14)24(34)35)23-18-9-7-17(33)12-16(18)6-8-19(23)21(25)10-11-22(25)36-27(31,32)26(28,29)30/h2-5,12,19-22H,6-11,13H2,1H3,(H,34,35)/t19?,20?,21?,22-,25?/m0/s1. The molecule has 4 aliphatic rings. The number of ether oxygens (including phenoxy) is 1. The van der Waals surface area contributed by atoms with Crippen molar-refractivity contribution in [1.29, 1.82) is 0 Å². The molecular weight excluding hydrogens is 483 g/mol. The lowest BCUT2D eigenvalue weighted by Crippen LogP contribution is -2.50. The fourth-order valence-electron chi connectivity index (χ4n) is 7.21. The fourth-order valence-corrected chi connectivity index (χ4v) is 7.21. The molecule has 5 atom stereocenters. The summed E-state index contributed by atoms with van der Waals surface area (Å²) in [6.07, 6.45) is -7.41. The van der Waals surface area contributed by atoms with Gasteiger partial charge in [0.2, 0.25) is 0 Å². The first-order valence-corrected chi connectivity index (χ1v) is 12.2. The quantitative estimate of drug-likeness (QED) is 0.452. The van der Waals surface area contributed by atoms with Crippen LogP contribution in [0.3, 0.4) is 0 Å². The van der Waals surface area contributed by atoms with Gasteiger partial charge in [0.15, 0.2) is 5.78 Å². The Balaban J connectivity index is 1.59. The summed E-state index contributed by atoms with van der Waals surface area (Å²) in [5.74, 6) is -1.46. The number of ketones is 1. The van der Waals surface area contributed by atoms with Crippen LogP contribution in [-0.4, -0.2) is 35.2 Å². The molecule has 0 saturated heterocycles. The van der Waals surface area contributed by atoms with Crippen molar-refractivity contribution in [3.63, 3.8) is 0 Å². The summed E-state index contributed by atoms with van der Waals surface area (Å²) in [5.41, 5.74) is 3.19. The Bertz CT molecular complexity index is 1150. The predicted octanol–water partition coefficient (Wildman–Crippen LogP) is 6.82. The Morgan fingerprint density at radius 2 is 1.72 bits per heavy atom. The Hall–Kier alpha value is -2.55. The highest BCUT2D eigenvalue weighted by Gasteiger charge is 2.65. The molecule has 0 bridgehead atoms. The zero-order valence-electron chi connectivity index (χ0n) is 19.7. The van der Waals surface area contributed by atoms with Crippen LogP contribution in [0.4, 0.5) is 22.0 Å². The number of halogens is 5. The van der Waals surface area contributed by atoms with Crippen LogP contribution in [0.15, 0.2) is 47.1 Å². The third-order valence-electron chi connectivity index (χ3n) is 8.82. The number of carbonyl (C=O) groups is 2. The molecule has 4 aliphatic carbocycles. The molecule has 9 heteroatoms. The number of benzene rings is 1. The Kier molecular flexibility index (Phi) is 5.93. The normalized spacial score (nSPS) is 32.5. The van der Waals surface area contributed by atoms with E-state index in [1.807, 2.05) is 0 Å². The molecule has 2 saturated carbocycles. The molecular formula is C27H27F5O4. The Labute approximate surface area is 205 Å². The second-order valence-electron chi connectivity index (χ2n) is 10.7. The van der Waals surface area contributed by atoms with Crippen LogP contribution in [-0.2, 0) is 9.53 Å². The van der Waals surface area contributed by atoms with Gasteiger partial charge >= 0.3 is 18.3 Å². The van der Waals surface area contributed by atoms with Gasteiger partial charge in [-0.2, -0.15) is 22.0 Å². The molecule has 1 N–H and O–H groups in total. The number of carbonyl (C=O) groups excluding carboxylic acids is 1. The lowest BCUT2D eigenvalue weighted by atomic mass is 9.53. The van der Waals surface area contributed by atoms with E-state index < -0.39 is 29.8 Å². The number of hydrogen-bond acceptors (Lipinski definition) is 3. The van der Waals surface area contributed by atoms with E-state index in [0.717, 1.165) is 22.3 Å².